The van der Waals surface area contributed by atoms with Gasteiger partial charge in [0.15, 0.2) is 0 Å². The summed E-state index contributed by atoms with van der Waals surface area (Å²) in [4.78, 5) is 19.9. The maximum absolute atomic E-state index is 10.6. The van der Waals surface area contributed by atoms with Crippen LogP contribution in [-0.4, -0.2) is 70.1 Å². The first kappa shape index (κ1) is 27.8. The fourth-order valence-corrected chi connectivity index (χ4v) is 5.04. The third-order valence-corrected chi connectivity index (χ3v) is 7.20. The Morgan fingerprint density at radius 1 is 1.19 bits per heavy atom. The molecule has 36 heavy (non-hydrogen) atoms. The van der Waals surface area contributed by atoms with Gasteiger partial charge in [-0.3, -0.25) is 9.69 Å². The Labute approximate surface area is 216 Å². The number of aliphatic carboxylic acids is 1. The van der Waals surface area contributed by atoms with E-state index >= 15 is 0 Å². The van der Waals surface area contributed by atoms with E-state index in [2.05, 4.69) is 47.2 Å². The molecule has 0 spiro atoms. The van der Waals surface area contributed by atoms with Gasteiger partial charge in [-0.15, -0.1) is 11.3 Å². The second-order valence-electron chi connectivity index (χ2n) is 8.73. The molecule has 196 valence electrons. The molecular weight excluding hydrogens is 480 g/mol. The van der Waals surface area contributed by atoms with E-state index in [1.54, 1.807) is 11.3 Å². The van der Waals surface area contributed by atoms with Crippen LogP contribution < -0.4 is 10.1 Å². The molecule has 0 radical (unpaired) electrons. The zero-order valence-electron chi connectivity index (χ0n) is 21.6. The van der Waals surface area contributed by atoms with Crippen molar-refractivity contribution in [3.63, 3.8) is 0 Å². The predicted molar refractivity (Wildman–Crippen MR) is 141 cm³/mol. The van der Waals surface area contributed by atoms with Crippen LogP contribution in [0.3, 0.4) is 0 Å². The lowest BCUT2D eigenvalue weighted by molar-refractivity contribution is -0.136. The highest BCUT2D eigenvalue weighted by molar-refractivity contribution is 7.15. The molecule has 2 aromatic heterocycles. The minimum absolute atomic E-state index is 0.0553. The molecule has 3 aromatic rings. The first-order chi connectivity index (χ1) is 17.2. The van der Waals surface area contributed by atoms with Gasteiger partial charge in [0.1, 0.15) is 18.5 Å². The van der Waals surface area contributed by atoms with E-state index in [4.69, 9.17) is 14.4 Å². The van der Waals surface area contributed by atoms with Gasteiger partial charge in [0.25, 0.3) is 5.89 Å². The zero-order chi connectivity index (χ0) is 26.2. The number of hydrogen-bond acceptors (Lipinski definition) is 9. The minimum Gasteiger partial charge on any atom is -0.490 e. The number of thiophene rings is 1. The number of carboxylic acids is 1. The third-order valence-electron chi connectivity index (χ3n) is 5.99. The van der Waals surface area contributed by atoms with Crippen LogP contribution >= 0.6 is 11.3 Å². The fraction of sp³-hybridized carbons (Fsp3) is 0.500. The molecule has 0 aliphatic carbocycles. The number of nitrogens with zero attached hydrogens (tertiary/aromatic N) is 3. The number of aliphatic hydroxyl groups is 1. The fourth-order valence-electron chi connectivity index (χ4n) is 3.90. The van der Waals surface area contributed by atoms with Crippen molar-refractivity contribution in [1.29, 1.82) is 0 Å². The van der Waals surface area contributed by atoms with Crippen molar-refractivity contribution in [2.75, 3.05) is 32.8 Å². The van der Waals surface area contributed by atoms with Crippen LogP contribution in [0.2, 0.25) is 0 Å². The van der Waals surface area contributed by atoms with Crippen LogP contribution in [-0.2, 0) is 17.8 Å². The van der Waals surface area contributed by atoms with Crippen LogP contribution in [0.4, 0.5) is 0 Å². The van der Waals surface area contributed by atoms with Gasteiger partial charge in [-0.25, -0.2) is 0 Å². The number of aromatic nitrogens is 2. The van der Waals surface area contributed by atoms with Crippen molar-refractivity contribution < 1.29 is 24.3 Å². The second-order valence-corrected chi connectivity index (χ2v) is 9.86. The summed E-state index contributed by atoms with van der Waals surface area (Å²) in [6, 6.07) is 6.04. The van der Waals surface area contributed by atoms with Crippen LogP contribution in [0, 0.1) is 13.8 Å². The smallest absolute Gasteiger partial charge is 0.317 e. The van der Waals surface area contributed by atoms with Crippen molar-refractivity contribution >= 4 is 17.3 Å². The highest BCUT2D eigenvalue weighted by Crippen LogP contribution is 2.34. The maximum atomic E-state index is 10.6. The van der Waals surface area contributed by atoms with Crippen LogP contribution in [0.15, 0.2) is 22.7 Å². The normalized spacial score (nSPS) is 12.3. The Hall–Kier alpha value is -2.79. The summed E-state index contributed by atoms with van der Waals surface area (Å²) in [6.07, 6.45) is -0.102. The summed E-state index contributed by atoms with van der Waals surface area (Å²) in [6.45, 7) is 13.3. The molecule has 1 atom stereocenters. The molecule has 3 rings (SSSR count). The number of hydrogen-bond donors (Lipinski definition) is 3. The Balaban J connectivity index is 1.74. The topological polar surface area (TPSA) is 121 Å². The monoisotopic (exact) mass is 516 g/mol. The Morgan fingerprint density at radius 3 is 2.61 bits per heavy atom. The summed E-state index contributed by atoms with van der Waals surface area (Å²) in [5.74, 6) is 0.763. The first-order valence-corrected chi connectivity index (χ1v) is 13.1. The van der Waals surface area contributed by atoms with Crippen LogP contribution in [0.1, 0.15) is 42.3 Å². The van der Waals surface area contributed by atoms with E-state index in [1.165, 1.54) is 10.4 Å². The summed E-state index contributed by atoms with van der Waals surface area (Å²) in [5, 5.41) is 25.7. The zero-order valence-corrected chi connectivity index (χ0v) is 22.4. The van der Waals surface area contributed by atoms with E-state index in [0.717, 1.165) is 47.6 Å². The molecule has 9 nitrogen and oxygen atoms in total. The molecule has 1 aromatic carbocycles. The Kier molecular flexibility index (Phi) is 10.0. The van der Waals surface area contributed by atoms with Crippen molar-refractivity contribution in [3.8, 4) is 27.9 Å². The second kappa shape index (κ2) is 13.0. The number of aryl methyl sites for hydroxylation is 3. The maximum Gasteiger partial charge on any atom is 0.317 e. The number of aliphatic hydroxyl groups excluding tert-OH is 1. The molecule has 0 bridgehead atoms. The Morgan fingerprint density at radius 2 is 1.94 bits per heavy atom. The van der Waals surface area contributed by atoms with Gasteiger partial charge in [-0.05, 0) is 68.2 Å². The standard InChI is InChI=1S/C26H36N4O5S/c1-6-18-11-19(9-17(5)24(18)34-15-20(31)12-27-13-23(32)33)25-28-26(35-29-25)21-10-16(4)22(36-21)14-30(7-2)8-3/h9-11,20,27,31H,6-8,12-15H2,1-5H3,(H,32,33). The van der Waals surface area contributed by atoms with Gasteiger partial charge >= 0.3 is 5.97 Å². The molecule has 0 aliphatic heterocycles. The summed E-state index contributed by atoms with van der Waals surface area (Å²) < 4.78 is 11.5. The van der Waals surface area contributed by atoms with Crippen molar-refractivity contribution in [3.05, 3.63) is 39.8 Å². The first-order valence-electron chi connectivity index (χ1n) is 12.3. The predicted octanol–water partition coefficient (Wildman–Crippen LogP) is 3.90. The molecule has 0 amide bonds. The molecular formula is C26H36N4O5S. The lowest BCUT2D eigenvalue weighted by atomic mass is 10.0. The van der Waals surface area contributed by atoms with Gasteiger partial charge < -0.3 is 24.8 Å². The largest absolute Gasteiger partial charge is 0.490 e. The molecule has 2 heterocycles. The highest BCUT2D eigenvalue weighted by Gasteiger charge is 2.18. The molecule has 0 fully saturated rings. The average Bonchev–Trinajstić information content (AvgIpc) is 3.48. The summed E-state index contributed by atoms with van der Waals surface area (Å²) >= 11 is 1.69. The third kappa shape index (κ3) is 7.13. The van der Waals surface area contributed by atoms with Crippen LogP contribution in [0.5, 0.6) is 5.75 Å². The van der Waals surface area contributed by atoms with E-state index in [0.29, 0.717) is 17.5 Å². The number of carboxylic acid groups (broad SMARTS) is 1. The van der Waals surface area contributed by atoms with Gasteiger partial charge in [0, 0.05) is 23.5 Å². The van der Waals surface area contributed by atoms with Crippen molar-refractivity contribution in [2.24, 2.45) is 0 Å². The molecule has 0 saturated heterocycles. The van der Waals surface area contributed by atoms with Gasteiger partial charge in [0.05, 0.1) is 11.4 Å². The number of ether oxygens (including phenoxy) is 1. The number of nitrogens with one attached hydrogen (secondary N) is 1. The van der Waals surface area contributed by atoms with E-state index in [1.807, 2.05) is 26.0 Å². The lowest BCUT2D eigenvalue weighted by Gasteiger charge is -2.17. The number of carbonyl (C=O) groups is 1. The lowest BCUT2D eigenvalue weighted by Crippen LogP contribution is -2.34. The number of benzene rings is 1. The summed E-state index contributed by atoms with van der Waals surface area (Å²) in [7, 11) is 0. The minimum atomic E-state index is -0.971. The van der Waals surface area contributed by atoms with Gasteiger partial charge in [-0.1, -0.05) is 25.9 Å². The molecule has 1 unspecified atom stereocenters. The Bertz CT molecular complexity index is 1160. The molecule has 10 heteroatoms. The molecule has 0 saturated carbocycles. The van der Waals surface area contributed by atoms with Crippen LogP contribution in [0.25, 0.3) is 22.2 Å². The van der Waals surface area contributed by atoms with Crippen molar-refractivity contribution in [2.45, 2.75) is 53.7 Å². The van der Waals surface area contributed by atoms with E-state index < -0.39 is 12.1 Å². The van der Waals surface area contributed by atoms with Crippen molar-refractivity contribution in [1.82, 2.24) is 20.4 Å². The summed E-state index contributed by atoms with van der Waals surface area (Å²) in [5.41, 5.74) is 3.94. The molecule has 3 N–H and O–H groups in total. The quantitative estimate of drug-likeness (QED) is 0.293. The number of rotatable bonds is 14. The SMILES string of the molecule is CCc1cc(-c2noc(-c3cc(C)c(CN(CC)CC)s3)n2)cc(C)c1OCC(O)CNCC(=O)O. The molecule has 0 aliphatic rings. The van der Waals surface area contributed by atoms with E-state index in [9.17, 15) is 9.90 Å². The highest BCUT2D eigenvalue weighted by atomic mass is 32.1. The van der Waals surface area contributed by atoms with Gasteiger partial charge in [0.2, 0.25) is 5.82 Å². The average molecular weight is 517 g/mol. The van der Waals surface area contributed by atoms with Gasteiger partial charge in [-0.2, -0.15) is 4.98 Å². The van der Waals surface area contributed by atoms with E-state index in [-0.39, 0.29) is 19.7 Å².